The number of anilines is 2. The molecular weight excluding hydrogens is 299 g/mol. The summed E-state index contributed by atoms with van der Waals surface area (Å²) in [5.74, 6) is 1.07. The van der Waals surface area contributed by atoms with Crippen molar-refractivity contribution in [2.24, 2.45) is 0 Å². The van der Waals surface area contributed by atoms with Crippen molar-refractivity contribution in [3.8, 4) is 0 Å². The van der Waals surface area contributed by atoms with Crippen molar-refractivity contribution >= 4 is 40.7 Å². The number of halogens is 2. The summed E-state index contributed by atoms with van der Waals surface area (Å²) < 4.78 is 0. The van der Waals surface area contributed by atoms with Gasteiger partial charge in [0.15, 0.2) is 0 Å². The molecule has 1 fully saturated rings. The van der Waals surface area contributed by atoms with Crippen molar-refractivity contribution in [2.45, 2.75) is 19.3 Å². The Kier molecular flexibility index (Phi) is 5.31. The van der Waals surface area contributed by atoms with E-state index in [0.717, 1.165) is 25.9 Å². The molecule has 1 aromatic rings. The van der Waals surface area contributed by atoms with Crippen LogP contribution >= 0.6 is 23.2 Å². The molecule has 1 amide bonds. The average molecular weight is 317 g/mol. The molecule has 1 aliphatic heterocycles. The normalized spacial score (nSPS) is 15.1. The molecule has 0 atom stereocenters. The van der Waals surface area contributed by atoms with Crippen molar-refractivity contribution in [2.75, 3.05) is 37.3 Å². The minimum atomic E-state index is 0.0727. The molecule has 2 heterocycles. The van der Waals surface area contributed by atoms with E-state index < -0.39 is 0 Å². The number of rotatable bonds is 4. The summed E-state index contributed by atoms with van der Waals surface area (Å²) in [6.07, 6.45) is 3.36. The number of hydrogen-bond donors (Lipinski definition) is 2. The third kappa shape index (κ3) is 3.67. The SMILES string of the molecule is CNc1nc(NCC(=O)N2CCCCC2)c(Cl)cc1Cl. The first-order valence-corrected chi connectivity index (χ1v) is 7.43. The summed E-state index contributed by atoms with van der Waals surface area (Å²) in [5, 5.41) is 6.71. The lowest BCUT2D eigenvalue weighted by molar-refractivity contribution is -0.130. The zero-order valence-electron chi connectivity index (χ0n) is 11.4. The molecule has 0 bridgehead atoms. The number of aromatic nitrogens is 1. The van der Waals surface area contributed by atoms with Crippen LogP contribution in [0.5, 0.6) is 0 Å². The molecule has 0 aliphatic carbocycles. The average Bonchev–Trinajstić information content (AvgIpc) is 2.47. The number of likely N-dealkylation sites (tertiary alicyclic amines) is 1. The summed E-state index contributed by atoms with van der Waals surface area (Å²) in [5.41, 5.74) is 0. The monoisotopic (exact) mass is 316 g/mol. The van der Waals surface area contributed by atoms with Gasteiger partial charge in [0.1, 0.15) is 11.6 Å². The number of carbonyl (C=O) groups is 1. The van der Waals surface area contributed by atoms with Crippen LogP contribution in [0.15, 0.2) is 6.07 Å². The molecule has 2 rings (SSSR count). The molecule has 1 saturated heterocycles. The minimum Gasteiger partial charge on any atom is -0.372 e. The third-order valence-corrected chi connectivity index (χ3v) is 3.86. The Bertz CT molecular complexity index is 490. The Morgan fingerprint density at radius 1 is 1.25 bits per heavy atom. The molecular formula is C13H18Cl2N4O. The first-order chi connectivity index (χ1) is 9.61. The summed E-state index contributed by atoms with van der Waals surface area (Å²) in [6.45, 7) is 1.87. The highest BCUT2D eigenvalue weighted by molar-refractivity contribution is 6.37. The Morgan fingerprint density at radius 3 is 2.55 bits per heavy atom. The highest BCUT2D eigenvalue weighted by Gasteiger charge is 2.17. The van der Waals surface area contributed by atoms with Crippen molar-refractivity contribution in [3.63, 3.8) is 0 Å². The number of nitrogens with zero attached hydrogens (tertiary/aromatic N) is 2. The van der Waals surface area contributed by atoms with Crippen LogP contribution in [0.2, 0.25) is 10.0 Å². The van der Waals surface area contributed by atoms with Crippen LogP contribution in [0.4, 0.5) is 11.6 Å². The minimum absolute atomic E-state index is 0.0727. The maximum Gasteiger partial charge on any atom is 0.241 e. The predicted molar refractivity (Wildman–Crippen MR) is 82.7 cm³/mol. The van der Waals surface area contributed by atoms with E-state index in [1.165, 1.54) is 6.42 Å². The molecule has 0 radical (unpaired) electrons. The zero-order valence-corrected chi connectivity index (χ0v) is 12.9. The lowest BCUT2D eigenvalue weighted by Gasteiger charge is -2.26. The fourth-order valence-electron chi connectivity index (χ4n) is 2.18. The van der Waals surface area contributed by atoms with Crippen LogP contribution in [0.3, 0.4) is 0 Å². The van der Waals surface area contributed by atoms with Crippen LogP contribution in [-0.4, -0.2) is 42.5 Å². The van der Waals surface area contributed by atoms with Gasteiger partial charge in [0.2, 0.25) is 5.91 Å². The van der Waals surface area contributed by atoms with Crippen LogP contribution < -0.4 is 10.6 Å². The zero-order chi connectivity index (χ0) is 14.5. The van der Waals surface area contributed by atoms with E-state index in [1.807, 2.05) is 4.90 Å². The maximum absolute atomic E-state index is 12.1. The predicted octanol–water partition coefficient (Wildman–Crippen LogP) is 2.85. The van der Waals surface area contributed by atoms with Gasteiger partial charge in [0.05, 0.1) is 16.6 Å². The van der Waals surface area contributed by atoms with E-state index in [-0.39, 0.29) is 12.5 Å². The highest BCUT2D eigenvalue weighted by atomic mass is 35.5. The van der Waals surface area contributed by atoms with Gasteiger partial charge in [-0.25, -0.2) is 4.98 Å². The van der Waals surface area contributed by atoms with Gasteiger partial charge in [-0.1, -0.05) is 23.2 Å². The van der Waals surface area contributed by atoms with Gasteiger partial charge < -0.3 is 15.5 Å². The van der Waals surface area contributed by atoms with E-state index in [4.69, 9.17) is 23.2 Å². The summed E-state index contributed by atoms with van der Waals surface area (Å²) in [7, 11) is 1.73. The summed E-state index contributed by atoms with van der Waals surface area (Å²) in [4.78, 5) is 18.2. The van der Waals surface area contributed by atoms with Gasteiger partial charge >= 0.3 is 0 Å². The van der Waals surface area contributed by atoms with Crippen LogP contribution in [0.25, 0.3) is 0 Å². The van der Waals surface area contributed by atoms with Gasteiger partial charge in [-0.05, 0) is 25.3 Å². The van der Waals surface area contributed by atoms with Crippen LogP contribution in [-0.2, 0) is 4.79 Å². The largest absolute Gasteiger partial charge is 0.372 e. The molecule has 1 aliphatic rings. The fraction of sp³-hybridized carbons (Fsp3) is 0.538. The standard InChI is InChI=1S/C13H18Cl2N4O/c1-16-12-9(14)7-10(15)13(18-12)17-8-11(20)19-5-3-2-4-6-19/h7H,2-6,8H2,1H3,(H2,16,17,18). The van der Waals surface area contributed by atoms with Gasteiger partial charge in [-0.3, -0.25) is 4.79 Å². The molecule has 20 heavy (non-hydrogen) atoms. The van der Waals surface area contributed by atoms with E-state index >= 15 is 0 Å². The highest BCUT2D eigenvalue weighted by Crippen LogP contribution is 2.28. The second-order valence-corrected chi connectivity index (χ2v) is 5.51. The number of carbonyl (C=O) groups excluding carboxylic acids is 1. The van der Waals surface area contributed by atoms with E-state index in [1.54, 1.807) is 13.1 Å². The summed E-state index contributed by atoms with van der Waals surface area (Å²) >= 11 is 12.0. The third-order valence-electron chi connectivity index (χ3n) is 3.28. The number of hydrogen-bond acceptors (Lipinski definition) is 4. The smallest absolute Gasteiger partial charge is 0.241 e. The fourth-order valence-corrected chi connectivity index (χ4v) is 2.70. The van der Waals surface area contributed by atoms with Crippen molar-refractivity contribution < 1.29 is 4.79 Å². The maximum atomic E-state index is 12.1. The van der Waals surface area contributed by atoms with E-state index in [2.05, 4.69) is 15.6 Å². The first kappa shape index (κ1) is 15.2. The Labute approximate surface area is 128 Å². The van der Waals surface area contributed by atoms with Gasteiger partial charge in [-0.2, -0.15) is 0 Å². The van der Waals surface area contributed by atoms with Gasteiger partial charge in [0.25, 0.3) is 0 Å². The van der Waals surface area contributed by atoms with E-state index in [0.29, 0.717) is 21.7 Å². The Morgan fingerprint density at radius 2 is 1.90 bits per heavy atom. The number of pyridine rings is 1. The van der Waals surface area contributed by atoms with Gasteiger partial charge in [-0.15, -0.1) is 0 Å². The Balaban J connectivity index is 1.97. The lowest BCUT2D eigenvalue weighted by Crippen LogP contribution is -2.39. The van der Waals surface area contributed by atoms with Crippen LogP contribution in [0.1, 0.15) is 19.3 Å². The number of nitrogens with one attached hydrogen (secondary N) is 2. The number of piperidine rings is 1. The molecule has 5 nitrogen and oxygen atoms in total. The molecule has 2 N–H and O–H groups in total. The van der Waals surface area contributed by atoms with E-state index in [9.17, 15) is 4.79 Å². The molecule has 0 saturated carbocycles. The van der Waals surface area contributed by atoms with Gasteiger partial charge in [0, 0.05) is 20.1 Å². The molecule has 110 valence electrons. The number of amides is 1. The van der Waals surface area contributed by atoms with Crippen molar-refractivity contribution in [1.82, 2.24) is 9.88 Å². The first-order valence-electron chi connectivity index (χ1n) is 6.67. The summed E-state index contributed by atoms with van der Waals surface area (Å²) in [6, 6.07) is 1.61. The van der Waals surface area contributed by atoms with Crippen molar-refractivity contribution in [1.29, 1.82) is 0 Å². The molecule has 1 aromatic heterocycles. The second kappa shape index (κ2) is 6.99. The molecule has 0 spiro atoms. The van der Waals surface area contributed by atoms with Crippen molar-refractivity contribution in [3.05, 3.63) is 16.1 Å². The topological polar surface area (TPSA) is 57.3 Å². The molecule has 0 aromatic carbocycles. The molecule has 7 heteroatoms. The molecule has 0 unspecified atom stereocenters. The Hall–Kier alpha value is -1.20. The van der Waals surface area contributed by atoms with Crippen LogP contribution in [0, 0.1) is 0 Å². The second-order valence-electron chi connectivity index (χ2n) is 4.69. The lowest BCUT2D eigenvalue weighted by atomic mass is 10.1. The quantitative estimate of drug-likeness (QED) is 0.896.